The van der Waals surface area contributed by atoms with Crippen LogP contribution in [-0.2, 0) is 0 Å². The van der Waals surface area contributed by atoms with Crippen LogP contribution >= 0.6 is 11.6 Å². The van der Waals surface area contributed by atoms with Gasteiger partial charge in [-0.1, -0.05) is 11.6 Å². The molecule has 104 valence electrons. The largest absolute Gasteiger partial charge is 0.353 e. The molecule has 1 aliphatic heterocycles. The van der Waals surface area contributed by atoms with E-state index in [4.69, 9.17) is 22.1 Å². The highest BCUT2D eigenvalue weighted by atomic mass is 35.5. The zero-order valence-electron chi connectivity index (χ0n) is 11.6. The number of aromatic nitrogens is 1. The maximum Gasteiger partial charge on any atom is 0.148 e. The topological polar surface area (TPSA) is 67.0 Å². The Bertz CT molecular complexity index is 576. The van der Waals surface area contributed by atoms with E-state index in [1.807, 2.05) is 13.8 Å². The first-order valence-electron chi connectivity index (χ1n) is 6.45. The van der Waals surface area contributed by atoms with Gasteiger partial charge in [0.2, 0.25) is 0 Å². The lowest BCUT2D eigenvalue weighted by Crippen LogP contribution is -2.54. The first-order valence-corrected chi connectivity index (χ1v) is 6.83. The second-order valence-electron chi connectivity index (χ2n) is 5.25. The molecule has 1 aromatic rings. The van der Waals surface area contributed by atoms with Crippen molar-refractivity contribution in [2.75, 3.05) is 31.1 Å². The SMILES string of the molecule is CC(C)(C#N)N1CCN(c2nccc(C#N)c2Cl)CC1. The second kappa shape index (κ2) is 5.66. The van der Waals surface area contributed by atoms with Crippen molar-refractivity contribution in [3.63, 3.8) is 0 Å². The summed E-state index contributed by atoms with van der Waals surface area (Å²) in [6.07, 6.45) is 1.60. The van der Waals surface area contributed by atoms with Crippen LogP contribution < -0.4 is 4.90 Å². The van der Waals surface area contributed by atoms with Crippen molar-refractivity contribution in [2.45, 2.75) is 19.4 Å². The molecule has 0 bridgehead atoms. The predicted octanol–water partition coefficient (Wildman–Crippen LogP) is 2.03. The standard InChI is InChI=1S/C14H16ClN5/c1-14(2,10-17)20-7-5-19(6-8-20)13-12(15)11(9-16)3-4-18-13/h3-4H,5-8H2,1-2H3. The average Bonchev–Trinajstić information content (AvgIpc) is 2.47. The Balaban J connectivity index is 2.13. The van der Waals surface area contributed by atoms with E-state index in [-0.39, 0.29) is 0 Å². The molecule has 0 saturated carbocycles. The predicted molar refractivity (Wildman–Crippen MR) is 77.4 cm³/mol. The fraction of sp³-hybridized carbons (Fsp3) is 0.500. The summed E-state index contributed by atoms with van der Waals surface area (Å²) < 4.78 is 0. The third kappa shape index (κ3) is 2.70. The Morgan fingerprint density at radius 3 is 2.45 bits per heavy atom. The van der Waals surface area contributed by atoms with Gasteiger partial charge in [-0.05, 0) is 19.9 Å². The zero-order chi connectivity index (χ0) is 14.8. The van der Waals surface area contributed by atoms with Crippen molar-refractivity contribution in [2.24, 2.45) is 0 Å². The minimum atomic E-state index is -0.461. The number of piperazine rings is 1. The van der Waals surface area contributed by atoms with Gasteiger partial charge in [-0.25, -0.2) is 4.98 Å². The number of anilines is 1. The van der Waals surface area contributed by atoms with Crippen molar-refractivity contribution in [3.05, 3.63) is 22.8 Å². The minimum Gasteiger partial charge on any atom is -0.353 e. The van der Waals surface area contributed by atoms with Crippen molar-refractivity contribution < 1.29 is 0 Å². The summed E-state index contributed by atoms with van der Waals surface area (Å²) in [6.45, 7) is 6.87. The molecule has 2 heterocycles. The molecule has 0 aliphatic carbocycles. The number of nitriles is 2. The molecule has 0 spiro atoms. The first kappa shape index (κ1) is 14.6. The van der Waals surface area contributed by atoms with Crippen molar-refractivity contribution in [3.8, 4) is 12.1 Å². The summed E-state index contributed by atoms with van der Waals surface area (Å²) in [7, 11) is 0. The fourth-order valence-corrected chi connectivity index (χ4v) is 2.56. The summed E-state index contributed by atoms with van der Waals surface area (Å²) in [4.78, 5) is 8.48. The van der Waals surface area contributed by atoms with Crippen LogP contribution in [-0.4, -0.2) is 41.6 Å². The van der Waals surface area contributed by atoms with Crippen LogP contribution in [0.3, 0.4) is 0 Å². The van der Waals surface area contributed by atoms with Crippen molar-refractivity contribution in [1.82, 2.24) is 9.88 Å². The van der Waals surface area contributed by atoms with Gasteiger partial charge in [-0.15, -0.1) is 0 Å². The highest BCUT2D eigenvalue weighted by Gasteiger charge is 2.30. The van der Waals surface area contributed by atoms with Gasteiger partial charge in [0.25, 0.3) is 0 Å². The van der Waals surface area contributed by atoms with E-state index >= 15 is 0 Å². The minimum absolute atomic E-state index is 0.406. The van der Waals surface area contributed by atoms with Gasteiger partial charge in [-0.2, -0.15) is 10.5 Å². The van der Waals surface area contributed by atoms with Gasteiger partial charge >= 0.3 is 0 Å². The number of halogens is 1. The Hall–Kier alpha value is -1.82. The van der Waals surface area contributed by atoms with Crippen LogP contribution in [0.4, 0.5) is 5.82 Å². The number of pyridine rings is 1. The Kier molecular flexibility index (Phi) is 4.13. The molecule has 0 unspecified atom stereocenters. The monoisotopic (exact) mass is 289 g/mol. The Morgan fingerprint density at radius 1 is 1.25 bits per heavy atom. The Labute approximate surface area is 124 Å². The highest BCUT2D eigenvalue weighted by molar-refractivity contribution is 6.34. The maximum absolute atomic E-state index is 9.17. The summed E-state index contributed by atoms with van der Waals surface area (Å²) in [6, 6.07) is 5.99. The van der Waals surface area contributed by atoms with E-state index in [1.54, 1.807) is 12.3 Å². The summed E-state index contributed by atoms with van der Waals surface area (Å²) in [5, 5.41) is 18.6. The fourth-order valence-electron chi connectivity index (χ4n) is 2.29. The molecular weight excluding hydrogens is 274 g/mol. The number of rotatable bonds is 2. The number of hydrogen-bond donors (Lipinski definition) is 0. The van der Waals surface area contributed by atoms with Gasteiger partial charge in [0.05, 0.1) is 11.6 Å². The summed E-state index contributed by atoms with van der Waals surface area (Å²) >= 11 is 6.20. The molecule has 0 N–H and O–H groups in total. The molecular formula is C14H16ClN5. The van der Waals surface area contributed by atoms with E-state index in [0.29, 0.717) is 16.4 Å². The highest BCUT2D eigenvalue weighted by Crippen LogP contribution is 2.28. The normalized spacial score (nSPS) is 16.6. The van der Waals surface area contributed by atoms with Crippen LogP contribution in [0.2, 0.25) is 5.02 Å². The summed E-state index contributed by atoms with van der Waals surface area (Å²) in [5.41, 5.74) is -0.0193. The second-order valence-corrected chi connectivity index (χ2v) is 5.63. The van der Waals surface area contributed by atoms with E-state index < -0.39 is 5.54 Å². The molecule has 0 radical (unpaired) electrons. The first-order chi connectivity index (χ1) is 9.49. The van der Waals surface area contributed by atoms with Crippen LogP contribution in [0.25, 0.3) is 0 Å². The molecule has 1 aromatic heterocycles. The third-order valence-corrected chi connectivity index (χ3v) is 4.01. The van der Waals surface area contributed by atoms with Crippen molar-refractivity contribution >= 4 is 17.4 Å². The lowest BCUT2D eigenvalue weighted by molar-refractivity contribution is 0.158. The molecule has 1 saturated heterocycles. The van der Waals surface area contributed by atoms with E-state index in [0.717, 1.165) is 26.2 Å². The lowest BCUT2D eigenvalue weighted by Gasteiger charge is -2.41. The molecule has 1 aliphatic rings. The van der Waals surface area contributed by atoms with Crippen LogP contribution in [0.1, 0.15) is 19.4 Å². The average molecular weight is 290 g/mol. The van der Waals surface area contributed by atoms with Gasteiger partial charge in [0, 0.05) is 32.4 Å². The van der Waals surface area contributed by atoms with Crippen molar-refractivity contribution in [1.29, 1.82) is 10.5 Å². The van der Waals surface area contributed by atoms with Crippen LogP contribution in [0.5, 0.6) is 0 Å². The molecule has 0 atom stereocenters. The van der Waals surface area contributed by atoms with Gasteiger partial charge < -0.3 is 4.90 Å². The number of hydrogen-bond acceptors (Lipinski definition) is 5. The lowest BCUT2D eigenvalue weighted by atomic mass is 10.0. The smallest absolute Gasteiger partial charge is 0.148 e. The van der Waals surface area contributed by atoms with Gasteiger partial charge in [0.1, 0.15) is 22.4 Å². The zero-order valence-corrected chi connectivity index (χ0v) is 12.4. The van der Waals surface area contributed by atoms with Gasteiger partial charge in [0.15, 0.2) is 0 Å². The van der Waals surface area contributed by atoms with Crippen LogP contribution in [0.15, 0.2) is 12.3 Å². The van der Waals surface area contributed by atoms with Gasteiger partial charge in [-0.3, -0.25) is 4.90 Å². The molecule has 2 rings (SSSR count). The van der Waals surface area contributed by atoms with E-state index in [9.17, 15) is 0 Å². The Morgan fingerprint density at radius 2 is 1.90 bits per heavy atom. The number of nitrogens with zero attached hydrogens (tertiary/aromatic N) is 5. The molecule has 0 amide bonds. The molecule has 0 aromatic carbocycles. The molecule has 1 fully saturated rings. The van der Waals surface area contributed by atoms with E-state index in [2.05, 4.69) is 26.9 Å². The maximum atomic E-state index is 9.17. The van der Waals surface area contributed by atoms with Crippen LogP contribution in [0, 0.1) is 22.7 Å². The molecule has 5 nitrogen and oxygen atoms in total. The quantitative estimate of drug-likeness (QED) is 0.833. The van der Waals surface area contributed by atoms with E-state index in [1.165, 1.54) is 0 Å². The third-order valence-electron chi connectivity index (χ3n) is 3.63. The summed E-state index contributed by atoms with van der Waals surface area (Å²) in [5.74, 6) is 0.653. The molecule has 6 heteroatoms. The molecule has 20 heavy (non-hydrogen) atoms.